The first-order chi connectivity index (χ1) is 14.2. The van der Waals surface area contributed by atoms with E-state index in [0.717, 1.165) is 28.8 Å². The number of rotatable bonds is 2. The number of hydrogen-bond acceptors (Lipinski definition) is 2. The molecule has 0 spiro atoms. The van der Waals surface area contributed by atoms with E-state index in [1.807, 2.05) is 81.9 Å². The fraction of sp³-hybridized carbons (Fsp3) is 0.280. The molecule has 3 nitrogen and oxygen atoms in total. The number of hydrogen-bond donors (Lipinski definition) is 0. The summed E-state index contributed by atoms with van der Waals surface area (Å²) in [4.78, 5) is 4.35. The highest BCUT2D eigenvalue weighted by Crippen LogP contribution is 2.22. The zero-order chi connectivity index (χ0) is 21.6. The van der Waals surface area contributed by atoms with Crippen molar-refractivity contribution >= 4 is 5.52 Å². The average Bonchev–Trinajstić information content (AvgIpc) is 3.20. The molecule has 0 aliphatic heterocycles. The maximum absolute atomic E-state index is 12.4. The molecule has 1 aromatic carbocycles. The Kier molecular flexibility index (Phi) is 10.9. The second-order valence-corrected chi connectivity index (χ2v) is 5.79. The molecule has 0 amide bonds. The van der Waals surface area contributed by atoms with Crippen molar-refractivity contribution < 1.29 is 4.39 Å². The third-order valence-electron chi connectivity index (χ3n) is 3.92. The van der Waals surface area contributed by atoms with Crippen molar-refractivity contribution in [2.75, 3.05) is 0 Å². The molecule has 4 rings (SSSR count). The van der Waals surface area contributed by atoms with E-state index >= 15 is 0 Å². The summed E-state index contributed by atoms with van der Waals surface area (Å²) in [5.41, 5.74) is 5.41. The molecule has 0 N–H and O–H groups in total. The van der Waals surface area contributed by atoms with Gasteiger partial charge in [0.05, 0.1) is 17.4 Å². The highest BCUT2D eigenvalue weighted by Gasteiger charge is 2.06. The third kappa shape index (κ3) is 7.15. The average molecular weight is 394 g/mol. The van der Waals surface area contributed by atoms with Crippen LogP contribution in [-0.4, -0.2) is 14.6 Å². The van der Waals surface area contributed by atoms with Gasteiger partial charge in [0.25, 0.3) is 0 Å². The Morgan fingerprint density at radius 2 is 1.69 bits per heavy atom. The molecule has 0 bridgehead atoms. The maximum Gasteiger partial charge on any atom is 0.123 e. The van der Waals surface area contributed by atoms with Gasteiger partial charge in [-0.3, -0.25) is 4.98 Å². The molecule has 0 unspecified atom stereocenters. The van der Waals surface area contributed by atoms with E-state index in [4.69, 9.17) is 0 Å². The molecular weight excluding hydrogens is 361 g/mol. The summed E-state index contributed by atoms with van der Waals surface area (Å²) in [6, 6.07) is 16.7. The minimum Gasteiger partial charge on any atom is -0.256 e. The van der Waals surface area contributed by atoms with Gasteiger partial charge in [0.15, 0.2) is 0 Å². The number of aromatic nitrogens is 3. The lowest BCUT2D eigenvalue weighted by atomic mass is 10.1. The summed E-state index contributed by atoms with van der Waals surface area (Å²) in [6.07, 6.45) is 6.53. The van der Waals surface area contributed by atoms with Crippen LogP contribution in [0.15, 0.2) is 73.2 Å². The van der Waals surface area contributed by atoms with E-state index < -0.39 is 0 Å². The maximum atomic E-state index is 12.4. The lowest BCUT2D eigenvalue weighted by molar-refractivity contribution is 0.625. The summed E-state index contributed by atoms with van der Waals surface area (Å²) in [6.45, 7) is 12.1. The largest absolute Gasteiger partial charge is 0.256 e. The van der Waals surface area contributed by atoms with Crippen LogP contribution in [0.1, 0.15) is 45.7 Å². The van der Waals surface area contributed by atoms with E-state index in [9.17, 15) is 4.39 Å². The molecule has 0 radical (unpaired) electrons. The first kappa shape index (κ1) is 24.0. The van der Waals surface area contributed by atoms with Gasteiger partial charge < -0.3 is 0 Å². The van der Waals surface area contributed by atoms with Crippen LogP contribution in [0.5, 0.6) is 0 Å². The van der Waals surface area contributed by atoms with Crippen LogP contribution in [-0.2, 0) is 6.42 Å². The predicted molar refractivity (Wildman–Crippen MR) is 122 cm³/mol. The van der Waals surface area contributed by atoms with Gasteiger partial charge in [-0.2, -0.15) is 5.10 Å². The zero-order valence-corrected chi connectivity index (χ0v) is 18.4. The SMILES string of the molecule is CC.CC.CCc1cccc(F)c1.Cc1ccn2ncc(-c3ccccn3)c2c1. The van der Waals surface area contributed by atoms with Crippen molar-refractivity contribution in [3.05, 3.63) is 90.1 Å². The first-order valence-corrected chi connectivity index (χ1v) is 10.3. The van der Waals surface area contributed by atoms with Crippen LogP contribution in [0.2, 0.25) is 0 Å². The van der Waals surface area contributed by atoms with Crippen molar-refractivity contribution in [2.24, 2.45) is 0 Å². The van der Waals surface area contributed by atoms with Gasteiger partial charge in [-0.25, -0.2) is 8.91 Å². The van der Waals surface area contributed by atoms with E-state index in [0.29, 0.717) is 0 Å². The molecule has 0 atom stereocenters. The summed E-state index contributed by atoms with van der Waals surface area (Å²) in [7, 11) is 0. The van der Waals surface area contributed by atoms with Gasteiger partial charge in [-0.1, -0.05) is 52.8 Å². The number of benzene rings is 1. The number of nitrogens with zero attached hydrogens (tertiary/aromatic N) is 3. The fourth-order valence-electron chi connectivity index (χ4n) is 2.56. The van der Waals surface area contributed by atoms with Crippen molar-refractivity contribution in [1.82, 2.24) is 14.6 Å². The van der Waals surface area contributed by atoms with E-state index in [1.165, 1.54) is 11.6 Å². The molecular formula is C25H32FN3. The molecule has 4 heteroatoms. The second kappa shape index (κ2) is 13.2. The van der Waals surface area contributed by atoms with Crippen LogP contribution >= 0.6 is 0 Å². The molecule has 0 saturated heterocycles. The van der Waals surface area contributed by atoms with Crippen LogP contribution in [0.3, 0.4) is 0 Å². The lowest BCUT2D eigenvalue weighted by Gasteiger charge is -1.99. The molecule has 0 aliphatic rings. The smallest absolute Gasteiger partial charge is 0.123 e. The van der Waals surface area contributed by atoms with Gasteiger partial charge in [0.1, 0.15) is 5.82 Å². The number of pyridine rings is 2. The highest BCUT2D eigenvalue weighted by atomic mass is 19.1. The summed E-state index contributed by atoms with van der Waals surface area (Å²) in [5.74, 6) is -0.144. The summed E-state index contributed by atoms with van der Waals surface area (Å²) < 4.78 is 14.2. The number of aryl methyl sites for hydroxylation is 2. The first-order valence-electron chi connectivity index (χ1n) is 10.3. The molecule has 3 heterocycles. The Morgan fingerprint density at radius 1 is 0.931 bits per heavy atom. The van der Waals surface area contributed by atoms with E-state index in [-0.39, 0.29) is 5.82 Å². The van der Waals surface area contributed by atoms with E-state index in [2.05, 4.69) is 23.1 Å². The molecule has 0 fully saturated rings. The molecule has 3 aromatic heterocycles. The van der Waals surface area contributed by atoms with Crippen LogP contribution < -0.4 is 0 Å². The van der Waals surface area contributed by atoms with Crippen molar-refractivity contribution in [1.29, 1.82) is 0 Å². The Hall–Kier alpha value is -3.01. The van der Waals surface area contributed by atoms with Gasteiger partial charge in [-0.15, -0.1) is 0 Å². The molecule has 4 aromatic rings. The zero-order valence-electron chi connectivity index (χ0n) is 18.4. The Balaban J connectivity index is 0.000000277. The Morgan fingerprint density at radius 3 is 2.28 bits per heavy atom. The van der Waals surface area contributed by atoms with Crippen molar-refractivity contribution in [3.63, 3.8) is 0 Å². The summed E-state index contributed by atoms with van der Waals surface area (Å²) >= 11 is 0. The third-order valence-corrected chi connectivity index (χ3v) is 3.92. The molecule has 0 saturated carbocycles. The monoisotopic (exact) mass is 393 g/mol. The van der Waals surface area contributed by atoms with Gasteiger partial charge in [0, 0.05) is 18.0 Å². The quantitative estimate of drug-likeness (QED) is 0.362. The van der Waals surface area contributed by atoms with Crippen molar-refractivity contribution in [2.45, 2.75) is 48.0 Å². The Bertz CT molecular complexity index is 962. The standard InChI is InChI=1S/C13H11N3.C8H9F.2C2H6/c1-10-5-7-16-13(8-10)11(9-15-16)12-4-2-3-6-14-12;1-2-7-4-3-5-8(9)6-7;2*1-2/h2-9H,1H3;3-6H,2H2,1H3;2*1-2H3. The van der Waals surface area contributed by atoms with Crippen LogP contribution in [0.4, 0.5) is 4.39 Å². The number of halogens is 1. The normalized spacial score (nSPS) is 9.34. The molecule has 154 valence electrons. The lowest BCUT2D eigenvalue weighted by Crippen LogP contribution is -1.87. The van der Waals surface area contributed by atoms with Gasteiger partial charge in [-0.05, 0) is 60.9 Å². The second-order valence-electron chi connectivity index (χ2n) is 5.79. The fourth-order valence-corrected chi connectivity index (χ4v) is 2.56. The Labute approximate surface area is 174 Å². The number of fused-ring (bicyclic) bond motifs is 1. The molecule has 0 aliphatic carbocycles. The highest BCUT2D eigenvalue weighted by molar-refractivity contribution is 5.77. The summed E-state index contributed by atoms with van der Waals surface area (Å²) in [5, 5.41) is 4.31. The minimum absolute atomic E-state index is 0.144. The minimum atomic E-state index is -0.144. The van der Waals surface area contributed by atoms with Gasteiger partial charge >= 0.3 is 0 Å². The molecule has 29 heavy (non-hydrogen) atoms. The van der Waals surface area contributed by atoms with Crippen molar-refractivity contribution in [3.8, 4) is 11.3 Å². The van der Waals surface area contributed by atoms with Crippen LogP contribution in [0, 0.1) is 12.7 Å². The van der Waals surface area contributed by atoms with Crippen LogP contribution in [0.25, 0.3) is 16.8 Å². The van der Waals surface area contributed by atoms with E-state index in [1.54, 1.807) is 18.3 Å². The predicted octanol–water partition coefficient (Wildman–Crippen LogP) is 7.15. The van der Waals surface area contributed by atoms with Gasteiger partial charge in [0.2, 0.25) is 0 Å². The topological polar surface area (TPSA) is 30.2 Å².